The van der Waals surface area contributed by atoms with Gasteiger partial charge in [-0.15, -0.1) is 6.42 Å². The fourth-order valence-electron chi connectivity index (χ4n) is 1.30. The van der Waals surface area contributed by atoms with E-state index in [9.17, 15) is 4.39 Å². The molecule has 2 rings (SSSR count). The molecular formula is C13H10FN3O2. The lowest BCUT2D eigenvalue weighted by molar-refractivity contribution is 0.332. The van der Waals surface area contributed by atoms with E-state index < -0.39 is 5.82 Å². The van der Waals surface area contributed by atoms with Crippen LogP contribution in [0.1, 0.15) is 0 Å². The van der Waals surface area contributed by atoms with E-state index >= 15 is 0 Å². The molecule has 0 unspecified atom stereocenters. The minimum atomic E-state index is -0.688. The molecule has 2 N–H and O–H groups in total. The van der Waals surface area contributed by atoms with E-state index in [1.54, 1.807) is 12.1 Å². The monoisotopic (exact) mass is 259 g/mol. The third-order valence-corrected chi connectivity index (χ3v) is 2.13. The van der Waals surface area contributed by atoms with Crippen LogP contribution >= 0.6 is 0 Å². The summed E-state index contributed by atoms with van der Waals surface area (Å²) in [5, 5.41) is 12.0. The van der Waals surface area contributed by atoms with Gasteiger partial charge in [-0.25, -0.2) is 4.98 Å². The van der Waals surface area contributed by atoms with Gasteiger partial charge in [-0.1, -0.05) is 5.92 Å². The summed E-state index contributed by atoms with van der Waals surface area (Å²) < 4.78 is 18.2. The molecule has 0 aliphatic heterocycles. The van der Waals surface area contributed by atoms with Crippen LogP contribution in [0.5, 0.6) is 11.6 Å². The number of halogens is 1. The molecule has 96 valence electrons. The lowest BCUT2D eigenvalue weighted by Crippen LogP contribution is -2.03. The number of benzene rings is 1. The molecule has 0 aliphatic rings. The lowest BCUT2D eigenvalue weighted by atomic mass is 10.3. The van der Waals surface area contributed by atoms with E-state index in [0.29, 0.717) is 5.69 Å². The second-order valence-electron chi connectivity index (χ2n) is 3.51. The largest absolute Gasteiger partial charge is 0.508 e. The van der Waals surface area contributed by atoms with E-state index in [1.807, 2.05) is 0 Å². The number of phenols is 1. The Labute approximate surface area is 109 Å². The first-order valence-corrected chi connectivity index (χ1v) is 5.34. The number of hydrogen-bond donors (Lipinski definition) is 2. The Balaban J connectivity index is 2.16. The maximum absolute atomic E-state index is 13.3. The molecule has 2 aromatic rings. The Bertz CT molecular complexity index is 608. The summed E-state index contributed by atoms with van der Waals surface area (Å²) in [5.74, 6) is 1.63. The maximum Gasteiger partial charge on any atom is 0.256 e. The zero-order valence-electron chi connectivity index (χ0n) is 9.80. The number of ether oxygens (including phenoxy) is 1. The Morgan fingerprint density at radius 2 is 2.11 bits per heavy atom. The van der Waals surface area contributed by atoms with Gasteiger partial charge in [-0.05, 0) is 24.3 Å². The van der Waals surface area contributed by atoms with Gasteiger partial charge >= 0.3 is 0 Å². The van der Waals surface area contributed by atoms with Crippen LogP contribution in [-0.4, -0.2) is 21.7 Å². The number of hydrogen-bond acceptors (Lipinski definition) is 5. The number of nitrogens with one attached hydrogen (secondary N) is 1. The standard InChI is InChI=1S/C13H10FN3O2/c1-2-7-19-12-11(14)8-15-13(17-12)16-9-3-5-10(18)6-4-9/h1,3-6,8,18H,7H2,(H,15,16,17). The minimum Gasteiger partial charge on any atom is -0.508 e. The van der Waals surface area contributed by atoms with Gasteiger partial charge in [0.1, 0.15) is 5.75 Å². The Kier molecular flexibility index (Phi) is 3.78. The second-order valence-corrected chi connectivity index (χ2v) is 3.51. The normalized spacial score (nSPS) is 9.68. The van der Waals surface area contributed by atoms with Crippen molar-refractivity contribution in [3.8, 4) is 24.0 Å². The van der Waals surface area contributed by atoms with Crippen LogP contribution in [0.4, 0.5) is 16.0 Å². The van der Waals surface area contributed by atoms with E-state index in [-0.39, 0.29) is 24.2 Å². The number of aromatic hydroxyl groups is 1. The van der Waals surface area contributed by atoms with E-state index in [2.05, 4.69) is 21.2 Å². The molecule has 0 radical (unpaired) electrons. The zero-order valence-corrected chi connectivity index (χ0v) is 9.80. The Morgan fingerprint density at radius 1 is 1.37 bits per heavy atom. The highest BCUT2D eigenvalue weighted by molar-refractivity contribution is 5.54. The van der Waals surface area contributed by atoms with E-state index in [1.165, 1.54) is 12.1 Å². The number of terminal acetylenes is 1. The summed E-state index contributed by atoms with van der Waals surface area (Å²) >= 11 is 0. The van der Waals surface area contributed by atoms with Crippen LogP contribution in [0.15, 0.2) is 30.5 Å². The summed E-state index contributed by atoms with van der Waals surface area (Å²) in [6, 6.07) is 6.26. The highest BCUT2D eigenvalue weighted by atomic mass is 19.1. The van der Waals surface area contributed by atoms with Crippen LogP contribution in [0.25, 0.3) is 0 Å². The average molecular weight is 259 g/mol. The van der Waals surface area contributed by atoms with Crippen molar-refractivity contribution in [3.05, 3.63) is 36.3 Å². The van der Waals surface area contributed by atoms with Crippen LogP contribution in [0.2, 0.25) is 0 Å². The van der Waals surface area contributed by atoms with Gasteiger partial charge in [0, 0.05) is 5.69 Å². The molecule has 5 nitrogen and oxygen atoms in total. The van der Waals surface area contributed by atoms with Crippen molar-refractivity contribution in [1.29, 1.82) is 0 Å². The van der Waals surface area contributed by atoms with Crippen molar-refractivity contribution >= 4 is 11.6 Å². The highest BCUT2D eigenvalue weighted by Crippen LogP contribution is 2.19. The average Bonchev–Trinajstić information content (AvgIpc) is 2.42. The molecule has 0 saturated carbocycles. The number of phenolic OH excluding ortho intramolecular Hbond substituents is 1. The second kappa shape index (κ2) is 5.69. The van der Waals surface area contributed by atoms with Crippen LogP contribution < -0.4 is 10.1 Å². The molecule has 0 aliphatic carbocycles. The predicted molar refractivity (Wildman–Crippen MR) is 67.7 cm³/mol. The zero-order chi connectivity index (χ0) is 13.7. The number of rotatable bonds is 4. The summed E-state index contributed by atoms with van der Waals surface area (Å²) in [5.41, 5.74) is 0.646. The van der Waals surface area contributed by atoms with Gasteiger partial charge in [-0.3, -0.25) is 0 Å². The molecule has 0 spiro atoms. The molecule has 0 amide bonds. The van der Waals surface area contributed by atoms with Gasteiger partial charge in [0.2, 0.25) is 11.8 Å². The van der Waals surface area contributed by atoms with Crippen molar-refractivity contribution in [1.82, 2.24) is 9.97 Å². The maximum atomic E-state index is 13.3. The Morgan fingerprint density at radius 3 is 2.79 bits per heavy atom. The van der Waals surface area contributed by atoms with Crippen molar-refractivity contribution < 1.29 is 14.2 Å². The fraction of sp³-hybridized carbons (Fsp3) is 0.0769. The van der Waals surface area contributed by atoms with Crippen molar-refractivity contribution in [2.24, 2.45) is 0 Å². The lowest BCUT2D eigenvalue weighted by Gasteiger charge is -2.07. The minimum absolute atomic E-state index is 0.0768. The van der Waals surface area contributed by atoms with E-state index in [0.717, 1.165) is 6.20 Å². The third-order valence-electron chi connectivity index (χ3n) is 2.13. The van der Waals surface area contributed by atoms with Crippen LogP contribution in [-0.2, 0) is 0 Å². The topological polar surface area (TPSA) is 67.3 Å². The quantitative estimate of drug-likeness (QED) is 0.650. The molecule has 0 saturated heterocycles. The van der Waals surface area contributed by atoms with Crippen molar-refractivity contribution in [2.75, 3.05) is 11.9 Å². The van der Waals surface area contributed by atoms with Gasteiger partial charge in [0.05, 0.1) is 6.20 Å². The van der Waals surface area contributed by atoms with Gasteiger partial charge in [0.25, 0.3) is 5.88 Å². The smallest absolute Gasteiger partial charge is 0.256 e. The number of nitrogens with zero attached hydrogens (tertiary/aromatic N) is 2. The van der Waals surface area contributed by atoms with E-state index in [4.69, 9.17) is 16.3 Å². The van der Waals surface area contributed by atoms with Crippen molar-refractivity contribution in [2.45, 2.75) is 0 Å². The molecule has 1 aromatic heterocycles. The van der Waals surface area contributed by atoms with Gasteiger partial charge < -0.3 is 15.2 Å². The molecule has 1 aromatic carbocycles. The summed E-state index contributed by atoms with van der Waals surface area (Å²) in [6.45, 7) is -0.0768. The Hall–Kier alpha value is -2.81. The SMILES string of the molecule is C#CCOc1nc(Nc2ccc(O)cc2)ncc1F. The van der Waals surface area contributed by atoms with Gasteiger partial charge in [-0.2, -0.15) is 9.37 Å². The molecule has 0 bridgehead atoms. The first kappa shape index (κ1) is 12.6. The highest BCUT2D eigenvalue weighted by Gasteiger charge is 2.08. The molecule has 6 heteroatoms. The van der Waals surface area contributed by atoms with Crippen LogP contribution in [0, 0.1) is 18.2 Å². The molecule has 0 fully saturated rings. The summed E-state index contributed by atoms with van der Waals surface area (Å²) in [7, 11) is 0. The molecule has 1 heterocycles. The first-order chi connectivity index (χ1) is 9.19. The fourth-order valence-corrected chi connectivity index (χ4v) is 1.30. The molecule has 0 atom stereocenters. The van der Waals surface area contributed by atoms with Gasteiger partial charge in [0.15, 0.2) is 6.61 Å². The van der Waals surface area contributed by atoms with Crippen molar-refractivity contribution in [3.63, 3.8) is 0 Å². The van der Waals surface area contributed by atoms with Crippen LogP contribution in [0.3, 0.4) is 0 Å². The number of aromatic nitrogens is 2. The summed E-state index contributed by atoms with van der Waals surface area (Å²) in [6.07, 6.45) is 6.01. The third kappa shape index (κ3) is 3.33. The first-order valence-electron chi connectivity index (χ1n) is 5.34. The predicted octanol–water partition coefficient (Wildman–Crippen LogP) is 2.08. The number of anilines is 2. The summed E-state index contributed by atoms with van der Waals surface area (Å²) in [4.78, 5) is 7.62. The molecule has 19 heavy (non-hydrogen) atoms. The molecular weight excluding hydrogens is 249 g/mol.